The number of amides is 1. The molecule has 0 aliphatic carbocycles. The first-order valence-corrected chi connectivity index (χ1v) is 12.5. The van der Waals surface area contributed by atoms with Crippen molar-refractivity contribution in [2.45, 2.75) is 38.8 Å². The summed E-state index contributed by atoms with van der Waals surface area (Å²) in [6, 6.07) is 13.4. The van der Waals surface area contributed by atoms with E-state index < -0.39 is 15.8 Å². The third-order valence-electron chi connectivity index (χ3n) is 5.47. The van der Waals surface area contributed by atoms with Crippen LogP contribution in [0.2, 0.25) is 0 Å². The van der Waals surface area contributed by atoms with Gasteiger partial charge in [-0.1, -0.05) is 24.3 Å². The molecule has 0 bridgehead atoms. The number of nitrogens with zero attached hydrogens (tertiary/aromatic N) is 2. The van der Waals surface area contributed by atoms with Gasteiger partial charge in [0.05, 0.1) is 11.9 Å². The lowest BCUT2D eigenvalue weighted by molar-refractivity contribution is -0.121. The lowest BCUT2D eigenvalue weighted by Gasteiger charge is -2.22. The fourth-order valence-electron chi connectivity index (χ4n) is 3.83. The minimum atomic E-state index is -3.53. The molecule has 1 saturated heterocycles. The molecule has 1 aliphatic rings. The molecule has 0 saturated carbocycles. The van der Waals surface area contributed by atoms with Crippen LogP contribution < -0.4 is 9.62 Å². The van der Waals surface area contributed by atoms with E-state index >= 15 is 0 Å². The number of carbonyl (C=O) groups excluding carboxylic acids is 1. The Morgan fingerprint density at radius 1 is 1.06 bits per heavy atom. The van der Waals surface area contributed by atoms with Crippen LogP contribution in [0.5, 0.6) is 0 Å². The van der Waals surface area contributed by atoms with Crippen molar-refractivity contribution in [1.82, 2.24) is 10.2 Å². The van der Waals surface area contributed by atoms with Crippen molar-refractivity contribution >= 4 is 21.6 Å². The molecule has 1 fully saturated rings. The number of halogens is 1. The van der Waals surface area contributed by atoms with E-state index in [4.69, 9.17) is 0 Å². The third-order valence-corrected chi connectivity index (χ3v) is 6.66. The molecule has 0 atom stereocenters. The first-order chi connectivity index (χ1) is 14.8. The van der Waals surface area contributed by atoms with E-state index in [2.05, 4.69) is 16.3 Å². The number of benzene rings is 2. The molecule has 0 unspecified atom stereocenters. The second-order valence-electron chi connectivity index (χ2n) is 7.94. The summed E-state index contributed by atoms with van der Waals surface area (Å²) >= 11 is 0. The van der Waals surface area contributed by atoms with Crippen LogP contribution in [0.15, 0.2) is 48.5 Å². The summed E-state index contributed by atoms with van der Waals surface area (Å²) in [5, 5.41) is 2.95. The van der Waals surface area contributed by atoms with Crippen LogP contribution in [0.4, 0.5) is 10.1 Å². The number of anilines is 1. The van der Waals surface area contributed by atoms with Gasteiger partial charge in [-0.25, -0.2) is 12.8 Å². The number of sulfonamides is 1. The Balaban J connectivity index is 1.50. The van der Waals surface area contributed by atoms with E-state index in [-0.39, 0.29) is 18.9 Å². The minimum absolute atomic E-state index is 0.122. The highest BCUT2D eigenvalue weighted by molar-refractivity contribution is 7.92. The van der Waals surface area contributed by atoms with E-state index in [1.54, 1.807) is 0 Å². The van der Waals surface area contributed by atoms with E-state index in [1.165, 1.54) is 47.0 Å². The van der Waals surface area contributed by atoms with Gasteiger partial charge in [0, 0.05) is 26.1 Å². The standard InChI is InChI=1S/C23H30FN3O3S/c1-31(29,30)27(22-12-10-21(24)11-13-22)16-6-9-23(28)25-17-19-7-2-3-8-20(19)18-26-14-4-5-15-26/h2-3,7-8,10-13H,4-6,9,14-18H2,1H3,(H,25,28). The molecule has 168 valence electrons. The molecule has 0 spiro atoms. The highest BCUT2D eigenvalue weighted by Gasteiger charge is 2.18. The summed E-state index contributed by atoms with van der Waals surface area (Å²) in [5.41, 5.74) is 2.72. The van der Waals surface area contributed by atoms with E-state index in [9.17, 15) is 17.6 Å². The van der Waals surface area contributed by atoms with Crippen LogP contribution >= 0.6 is 0 Å². The molecule has 0 radical (unpaired) electrons. The molecule has 3 rings (SSSR count). The van der Waals surface area contributed by atoms with Crippen molar-refractivity contribution in [3.8, 4) is 0 Å². The summed E-state index contributed by atoms with van der Waals surface area (Å²) < 4.78 is 38.6. The Hall–Kier alpha value is -2.45. The molecule has 0 aromatic heterocycles. The first kappa shape index (κ1) is 23.2. The number of nitrogens with one attached hydrogen (secondary N) is 1. The zero-order valence-electron chi connectivity index (χ0n) is 17.9. The quantitative estimate of drug-likeness (QED) is 0.607. The van der Waals surface area contributed by atoms with Crippen molar-refractivity contribution in [3.63, 3.8) is 0 Å². The second-order valence-corrected chi connectivity index (χ2v) is 9.85. The van der Waals surface area contributed by atoms with Gasteiger partial charge in [0.2, 0.25) is 15.9 Å². The summed E-state index contributed by atoms with van der Waals surface area (Å²) in [7, 11) is -3.53. The molecule has 1 N–H and O–H groups in total. The maximum absolute atomic E-state index is 13.1. The van der Waals surface area contributed by atoms with E-state index in [0.29, 0.717) is 18.7 Å². The Labute approximate surface area is 184 Å². The van der Waals surface area contributed by atoms with Gasteiger partial charge in [-0.3, -0.25) is 14.0 Å². The van der Waals surface area contributed by atoms with Gasteiger partial charge >= 0.3 is 0 Å². The van der Waals surface area contributed by atoms with Crippen LogP contribution in [0.1, 0.15) is 36.8 Å². The molecule has 8 heteroatoms. The minimum Gasteiger partial charge on any atom is -0.352 e. The van der Waals surface area contributed by atoms with Crippen LogP contribution in [0.3, 0.4) is 0 Å². The highest BCUT2D eigenvalue weighted by Crippen LogP contribution is 2.19. The predicted octanol–water partition coefficient (Wildman–Crippen LogP) is 3.28. The van der Waals surface area contributed by atoms with Gasteiger partial charge in [-0.05, 0) is 67.7 Å². The number of carbonyl (C=O) groups is 1. The molecular weight excluding hydrogens is 417 g/mol. The highest BCUT2D eigenvalue weighted by atomic mass is 32.2. The number of likely N-dealkylation sites (tertiary alicyclic amines) is 1. The van der Waals surface area contributed by atoms with Gasteiger partial charge in [0.25, 0.3) is 0 Å². The van der Waals surface area contributed by atoms with Gasteiger partial charge in [-0.2, -0.15) is 0 Å². The zero-order chi connectivity index (χ0) is 22.3. The Morgan fingerprint density at radius 2 is 1.71 bits per heavy atom. The first-order valence-electron chi connectivity index (χ1n) is 10.6. The average Bonchev–Trinajstić information content (AvgIpc) is 3.24. The molecule has 6 nitrogen and oxygen atoms in total. The second kappa shape index (κ2) is 10.7. The predicted molar refractivity (Wildman–Crippen MR) is 121 cm³/mol. The summed E-state index contributed by atoms with van der Waals surface area (Å²) in [6.07, 6.45) is 4.16. The normalized spacial score (nSPS) is 14.5. The fourth-order valence-corrected chi connectivity index (χ4v) is 4.79. The summed E-state index contributed by atoms with van der Waals surface area (Å²) in [6.45, 7) is 3.74. The maximum Gasteiger partial charge on any atom is 0.232 e. The lowest BCUT2D eigenvalue weighted by Crippen LogP contribution is -2.32. The zero-order valence-corrected chi connectivity index (χ0v) is 18.7. The Bertz CT molecular complexity index is 974. The van der Waals surface area contributed by atoms with Crippen molar-refractivity contribution in [2.24, 2.45) is 0 Å². The Morgan fingerprint density at radius 3 is 2.35 bits per heavy atom. The van der Waals surface area contributed by atoms with Crippen LogP contribution in [0.25, 0.3) is 0 Å². The van der Waals surface area contributed by atoms with Gasteiger partial charge in [0.1, 0.15) is 5.82 Å². The van der Waals surface area contributed by atoms with E-state index in [0.717, 1.165) is 31.5 Å². The average molecular weight is 448 g/mol. The van der Waals surface area contributed by atoms with Crippen molar-refractivity contribution in [1.29, 1.82) is 0 Å². The van der Waals surface area contributed by atoms with Crippen molar-refractivity contribution in [3.05, 3.63) is 65.5 Å². The Kier molecular flexibility index (Phi) is 8.03. The fraction of sp³-hybridized carbons (Fsp3) is 0.435. The number of hydrogen-bond acceptors (Lipinski definition) is 4. The maximum atomic E-state index is 13.1. The third kappa shape index (κ3) is 7.04. The SMILES string of the molecule is CS(=O)(=O)N(CCCC(=O)NCc1ccccc1CN1CCCC1)c1ccc(F)cc1. The van der Waals surface area contributed by atoms with Crippen LogP contribution in [0, 0.1) is 5.82 Å². The van der Waals surface area contributed by atoms with Gasteiger partial charge < -0.3 is 5.32 Å². The molecule has 2 aromatic carbocycles. The van der Waals surface area contributed by atoms with E-state index in [1.807, 2.05) is 18.2 Å². The lowest BCUT2D eigenvalue weighted by atomic mass is 10.1. The molecule has 31 heavy (non-hydrogen) atoms. The van der Waals surface area contributed by atoms with Gasteiger partial charge in [0.15, 0.2) is 0 Å². The van der Waals surface area contributed by atoms with Crippen LogP contribution in [-0.4, -0.2) is 45.1 Å². The molecule has 1 heterocycles. The largest absolute Gasteiger partial charge is 0.352 e. The topological polar surface area (TPSA) is 69.7 Å². The molecule has 1 amide bonds. The molecular formula is C23H30FN3O3S. The van der Waals surface area contributed by atoms with Crippen LogP contribution in [-0.2, 0) is 27.9 Å². The summed E-state index contributed by atoms with van der Waals surface area (Å²) in [5.74, 6) is -0.551. The smallest absolute Gasteiger partial charge is 0.232 e. The van der Waals surface area contributed by atoms with Crippen molar-refractivity contribution in [2.75, 3.05) is 30.2 Å². The van der Waals surface area contributed by atoms with Gasteiger partial charge in [-0.15, -0.1) is 0 Å². The number of hydrogen-bond donors (Lipinski definition) is 1. The monoisotopic (exact) mass is 447 g/mol. The molecule has 2 aromatic rings. The van der Waals surface area contributed by atoms with Crippen molar-refractivity contribution < 1.29 is 17.6 Å². The molecule has 1 aliphatic heterocycles. The number of rotatable bonds is 10. The summed E-state index contributed by atoms with van der Waals surface area (Å²) in [4.78, 5) is 14.8.